The van der Waals surface area contributed by atoms with Crippen LogP contribution in [0, 0.1) is 23.2 Å². The highest BCUT2D eigenvalue weighted by molar-refractivity contribution is 7.98. The van der Waals surface area contributed by atoms with Crippen LogP contribution in [0.15, 0.2) is 23.1 Å². The molecule has 0 spiro atoms. The number of benzene rings is 1. The highest BCUT2D eigenvalue weighted by atomic mass is 32.2. The van der Waals surface area contributed by atoms with Gasteiger partial charge in [0.2, 0.25) is 0 Å². The summed E-state index contributed by atoms with van der Waals surface area (Å²) in [5, 5.41) is 13.0. The molecule has 1 saturated carbocycles. The number of anilines is 1. The maximum atomic E-state index is 9.37. The molecule has 0 amide bonds. The third-order valence-electron chi connectivity index (χ3n) is 4.41. The van der Waals surface area contributed by atoms with E-state index in [0.29, 0.717) is 12.0 Å². The zero-order chi connectivity index (χ0) is 13.8. The average molecular weight is 274 g/mol. The van der Waals surface area contributed by atoms with Crippen molar-refractivity contribution < 1.29 is 0 Å². The Morgan fingerprint density at radius 3 is 2.79 bits per heavy atom. The molecule has 0 radical (unpaired) electrons. The largest absolute Gasteiger partial charge is 0.381 e. The van der Waals surface area contributed by atoms with Crippen LogP contribution in [-0.4, -0.2) is 12.3 Å². The first-order valence-electron chi connectivity index (χ1n) is 7.01. The predicted octanol–water partition coefficient (Wildman–Crippen LogP) is 4.52. The minimum Gasteiger partial charge on any atom is -0.381 e. The first-order chi connectivity index (χ1) is 9.17. The van der Waals surface area contributed by atoms with Gasteiger partial charge in [0.15, 0.2) is 0 Å². The highest BCUT2D eigenvalue weighted by Crippen LogP contribution is 2.33. The van der Waals surface area contributed by atoms with E-state index < -0.39 is 0 Å². The molecule has 1 aliphatic rings. The fourth-order valence-electron chi connectivity index (χ4n) is 2.92. The molecule has 0 heterocycles. The molecule has 102 valence electrons. The summed E-state index contributed by atoms with van der Waals surface area (Å²) in [6, 6.07) is 8.92. The number of hydrogen-bond acceptors (Lipinski definition) is 3. The van der Waals surface area contributed by atoms with E-state index in [1.165, 1.54) is 19.3 Å². The zero-order valence-electron chi connectivity index (χ0n) is 11.9. The summed E-state index contributed by atoms with van der Waals surface area (Å²) in [7, 11) is 0. The normalized spacial score (nSPS) is 26.7. The SMILES string of the molecule is CSc1cccc(NC2CCCC(C)C2C)c1C#N. The quantitative estimate of drug-likeness (QED) is 0.823. The molecule has 1 aliphatic carbocycles. The lowest BCUT2D eigenvalue weighted by Crippen LogP contribution is -2.35. The molecule has 2 nitrogen and oxygen atoms in total. The fraction of sp³-hybridized carbons (Fsp3) is 0.562. The molecule has 0 aliphatic heterocycles. The number of nitrogens with one attached hydrogen (secondary N) is 1. The Balaban J connectivity index is 2.21. The van der Waals surface area contributed by atoms with E-state index in [1.54, 1.807) is 11.8 Å². The first kappa shape index (κ1) is 14.3. The molecule has 0 bridgehead atoms. The van der Waals surface area contributed by atoms with E-state index in [-0.39, 0.29) is 0 Å². The third kappa shape index (κ3) is 3.06. The van der Waals surface area contributed by atoms with E-state index >= 15 is 0 Å². The zero-order valence-corrected chi connectivity index (χ0v) is 12.8. The van der Waals surface area contributed by atoms with Gasteiger partial charge in [-0.15, -0.1) is 11.8 Å². The van der Waals surface area contributed by atoms with Gasteiger partial charge < -0.3 is 5.32 Å². The fourth-order valence-corrected chi connectivity index (χ4v) is 3.50. The van der Waals surface area contributed by atoms with Crippen molar-refractivity contribution >= 4 is 17.4 Å². The molecule has 1 aromatic carbocycles. The predicted molar refractivity (Wildman–Crippen MR) is 82.5 cm³/mol. The van der Waals surface area contributed by atoms with Gasteiger partial charge in [-0.3, -0.25) is 0 Å². The molecule has 0 saturated heterocycles. The minimum atomic E-state index is 0.493. The van der Waals surface area contributed by atoms with Crippen LogP contribution in [0.3, 0.4) is 0 Å². The van der Waals surface area contributed by atoms with E-state index in [0.717, 1.165) is 22.1 Å². The number of nitriles is 1. The summed E-state index contributed by atoms with van der Waals surface area (Å²) in [6.07, 6.45) is 5.84. The van der Waals surface area contributed by atoms with Crippen LogP contribution in [0.5, 0.6) is 0 Å². The van der Waals surface area contributed by atoms with Gasteiger partial charge in [0.1, 0.15) is 6.07 Å². The standard InChI is InChI=1S/C16H22N2S/c1-11-6-4-7-14(12(11)2)18-15-8-5-9-16(19-3)13(15)10-17/h5,8-9,11-12,14,18H,4,6-7H2,1-3H3. The van der Waals surface area contributed by atoms with Gasteiger partial charge in [0, 0.05) is 10.9 Å². The monoisotopic (exact) mass is 274 g/mol. The van der Waals surface area contributed by atoms with E-state index in [4.69, 9.17) is 0 Å². The molecule has 0 aromatic heterocycles. The van der Waals surface area contributed by atoms with Crippen molar-refractivity contribution in [3.05, 3.63) is 23.8 Å². The maximum absolute atomic E-state index is 9.37. The van der Waals surface area contributed by atoms with Crippen molar-refractivity contribution in [2.75, 3.05) is 11.6 Å². The Labute approximate surface area is 120 Å². The molecule has 2 rings (SSSR count). The van der Waals surface area contributed by atoms with Crippen LogP contribution < -0.4 is 5.32 Å². The smallest absolute Gasteiger partial charge is 0.102 e. The molecule has 3 unspecified atom stereocenters. The average Bonchev–Trinajstić information content (AvgIpc) is 2.43. The lowest BCUT2D eigenvalue weighted by Gasteiger charge is -2.35. The summed E-state index contributed by atoms with van der Waals surface area (Å²) in [4.78, 5) is 1.06. The topological polar surface area (TPSA) is 35.8 Å². The van der Waals surface area contributed by atoms with Gasteiger partial charge >= 0.3 is 0 Å². The molecule has 1 fully saturated rings. The third-order valence-corrected chi connectivity index (χ3v) is 5.19. The molecule has 3 heteroatoms. The summed E-state index contributed by atoms with van der Waals surface area (Å²) in [6.45, 7) is 4.66. The van der Waals surface area contributed by atoms with Crippen LogP contribution in [0.25, 0.3) is 0 Å². The summed E-state index contributed by atoms with van der Waals surface area (Å²) < 4.78 is 0. The Bertz CT molecular complexity index is 478. The Hall–Kier alpha value is -1.14. The molecule has 3 atom stereocenters. The van der Waals surface area contributed by atoms with Crippen LogP contribution in [0.4, 0.5) is 5.69 Å². The van der Waals surface area contributed by atoms with Gasteiger partial charge in [-0.2, -0.15) is 5.26 Å². The maximum Gasteiger partial charge on any atom is 0.102 e. The van der Waals surface area contributed by atoms with Crippen molar-refractivity contribution in [2.45, 2.75) is 44.0 Å². The van der Waals surface area contributed by atoms with Crippen molar-refractivity contribution in [2.24, 2.45) is 11.8 Å². The van der Waals surface area contributed by atoms with Gasteiger partial charge in [-0.05, 0) is 36.6 Å². The lowest BCUT2D eigenvalue weighted by molar-refractivity contribution is 0.253. The van der Waals surface area contributed by atoms with Crippen molar-refractivity contribution in [3.8, 4) is 6.07 Å². The summed E-state index contributed by atoms with van der Waals surface area (Å²) >= 11 is 1.64. The van der Waals surface area contributed by atoms with Gasteiger partial charge in [0.25, 0.3) is 0 Å². The molecule has 1 aromatic rings. The second-order valence-corrected chi connectivity index (χ2v) is 6.36. The second-order valence-electron chi connectivity index (χ2n) is 5.51. The van der Waals surface area contributed by atoms with Crippen molar-refractivity contribution in [3.63, 3.8) is 0 Å². The number of hydrogen-bond donors (Lipinski definition) is 1. The molecular formula is C16H22N2S. The van der Waals surface area contributed by atoms with Crippen LogP contribution in [0.1, 0.15) is 38.7 Å². The Morgan fingerprint density at radius 2 is 2.11 bits per heavy atom. The lowest BCUT2D eigenvalue weighted by atomic mass is 9.78. The number of nitrogens with zero attached hydrogens (tertiary/aromatic N) is 1. The summed E-state index contributed by atoms with van der Waals surface area (Å²) in [5.74, 6) is 1.43. The van der Waals surface area contributed by atoms with E-state index in [1.807, 2.05) is 24.5 Å². The van der Waals surface area contributed by atoms with Gasteiger partial charge in [-0.25, -0.2) is 0 Å². The minimum absolute atomic E-state index is 0.493. The van der Waals surface area contributed by atoms with Gasteiger partial charge in [0.05, 0.1) is 11.3 Å². The molecule has 19 heavy (non-hydrogen) atoms. The number of thioether (sulfide) groups is 1. The number of rotatable bonds is 3. The highest BCUT2D eigenvalue weighted by Gasteiger charge is 2.27. The van der Waals surface area contributed by atoms with Crippen LogP contribution in [-0.2, 0) is 0 Å². The van der Waals surface area contributed by atoms with Crippen LogP contribution in [0.2, 0.25) is 0 Å². The van der Waals surface area contributed by atoms with Crippen LogP contribution >= 0.6 is 11.8 Å². The summed E-state index contributed by atoms with van der Waals surface area (Å²) in [5.41, 5.74) is 1.79. The van der Waals surface area contributed by atoms with Crippen molar-refractivity contribution in [1.29, 1.82) is 5.26 Å². The molecule has 1 N–H and O–H groups in total. The first-order valence-corrected chi connectivity index (χ1v) is 8.23. The van der Waals surface area contributed by atoms with Crippen molar-refractivity contribution in [1.82, 2.24) is 0 Å². The Morgan fingerprint density at radius 1 is 1.32 bits per heavy atom. The Kier molecular flexibility index (Phi) is 4.76. The van der Waals surface area contributed by atoms with Gasteiger partial charge in [-0.1, -0.05) is 32.8 Å². The van der Waals surface area contributed by atoms with E-state index in [9.17, 15) is 5.26 Å². The second kappa shape index (κ2) is 6.34. The van der Waals surface area contributed by atoms with E-state index in [2.05, 4.69) is 25.2 Å². The molecular weight excluding hydrogens is 252 g/mol.